The smallest absolute Gasteiger partial charge is 0.231 e. The number of likely N-dealkylation sites (tertiary alicyclic amines) is 1. The van der Waals surface area contributed by atoms with Crippen LogP contribution in [-0.4, -0.2) is 28.7 Å². The second kappa shape index (κ2) is 6.73. The largest absolute Gasteiger partial charge is 0.338 e. The first-order valence-corrected chi connectivity index (χ1v) is 8.84. The standard InChI is InChI=1S/C18H21N3O2S/c1-11-12(2)24-18(19-11)20-17(23)14-9-10-15(22)21(3)16(14)13-7-5-4-6-8-13/h4-8,14,16H,9-10H2,1-3H3,(H,19,20,23)/t14-,16-/m0/s1. The Labute approximate surface area is 145 Å². The molecule has 1 N–H and O–H groups in total. The van der Waals surface area contributed by atoms with Crippen LogP contribution < -0.4 is 5.32 Å². The van der Waals surface area contributed by atoms with Gasteiger partial charge < -0.3 is 10.2 Å². The molecule has 3 rings (SSSR count). The first-order chi connectivity index (χ1) is 11.5. The SMILES string of the molecule is Cc1nc(NC(=O)[C@H]2CCC(=O)N(C)[C@H]2c2ccccc2)sc1C. The van der Waals surface area contributed by atoms with Crippen molar-refractivity contribution in [1.82, 2.24) is 9.88 Å². The van der Waals surface area contributed by atoms with Crippen molar-refractivity contribution in [3.8, 4) is 0 Å². The predicted molar refractivity (Wildman–Crippen MR) is 94.9 cm³/mol. The number of carbonyl (C=O) groups is 2. The van der Waals surface area contributed by atoms with Crippen molar-refractivity contribution < 1.29 is 9.59 Å². The molecule has 0 radical (unpaired) electrons. The summed E-state index contributed by atoms with van der Waals surface area (Å²) in [6, 6.07) is 9.50. The van der Waals surface area contributed by atoms with Crippen LogP contribution in [0.4, 0.5) is 5.13 Å². The van der Waals surface area contributed by atoms with Crippen LogP contribution >= 0.6 is 11.3 Å². The minimum absolute atomic E-state index is 0.0723. The molecule has 2 amide bonds. The van der Waals surface area contributed by atoms with Crippen molar-refractivity contribution in [2.45, 2.75) is 32.7 Å². The molecular weight excluding hydrogens is 322 g/mol. The number of aryl methyl sites for hydroxylation is 2. The number of hydrogen-bond donors (Lipinski definition) is 1. The quantitative estimate of drug-likeness (QED) is 0.930. The minimum Gasteiger partial charge on any atom is -0.338 e. The van der Waals surface area contributed by atoms with Gasteiger partial charge in [0.2, 0.25) is 11.8 Å². The second-order valence-electron chi connectivity index (χ2n) is 6.16. The van der Waals surface area contributed by atoms with Crippen LogP contribution in [0.1, 0.15) is 35.0 Å². The highest BCUT2D eigenvalue weighted by Gasteiger charge is 2.39. The Morgan fingerprint density at radius 1 is 1.29 bits per heavy atom. The lowest BCUT2D eigenvalue weighted by atomic mass is 9.84. The monoisotopic (exact) mass is 343 g/mol. The lowest BCUT2D eigenvalue weighted by Gasteiger charge is -2.38. The van der Waals surface area contributed by atoms with Crippen molar-refractivity contribution in [1.29, 1.82) is 0 Å². The van der Waals surface area contributed by atoms with Gasteiger partial charge in [0.05, 0.1) is 17.7 Å². The molecule has 0 unspecified atom stereocenters. The van der Waals surface area contributed by atoms with Crippen LogP contribution in [0, 0.1) is 19.8 Å². The van der Waals surface area contributed by atoms with Crippen molar-refractivity contribution in [3.63, 3.8) is 0 Å². The molecule has 1 aromatic heterocycles. The normalized spacial score (nSPS) is 21.0. The van der Waals surface area contributed by atoms with E-state index in [-0.39, 0.29) is 23.8 Å². The molecule has 0 saturated carbocycles. The maximum absolute atomic E-state index is 12.8. The highest BCUT2D eigenvalue weighted by atomic mass is 32.1. The number of rotatable bonds is 3. The van der Waals surface area contributed by atoms with E-state index < -0.39 is 0 Å². The van der Waals surface area contributed by atoms with Gasteiger partial charge in [-0.1, -0.05) is 30.3 Å². The van der Waals surface area contributed by atoms with Crippen LogP contribution in [0.25, 0.3) is 0 Å². The molecule has 1 aromatic carbocycles. The van der Waals surface area contributed by atoms with Crippen molar-refractivity contribution in [2.75, 3.05) is 12.4 Å². The maximum atomic E-state index is 12.8. The van der Waals surface area contributed by atoms with E-state index in [2.05, 4.69) is 10.3 Å². The topological polar surface area (TPSA) is 62.3 Å². The van der Waals surface area contributed by atoms with E-state index in [4.69, 9.17) is 0 Å². The van der Waals surface area contributed by atoms with E-state index in [1.54, 1.807) is 11.9 Å². The highest BCUT2D eigenvalue weighted by Crippen LogP contribution is 2.36. The summed E-state index contributed by atoms with van der Waals surface area (Å²) in [4.78, 5) is 32.2. The van der Waals surface area contributed by atoms with Crippen molar-refractivity contribution >= 4 is 28.3 Å². The number of aromatic nitrogens is 1. The lowest BCUT2D eigenvalue weighted by Crippen LogP contribution is -2.44. The molecule has 2 heterocycles. The van der Waals surface area contributed by atoms with E-state index in [9.17, 15) is 9.59 Å². The number of anilines is 1. The zero-order chi connectivity index (χ0) is 17.3. The fourth-order valence-electron chi connectivity index (χ4n) is 3.14. The average Bonchev–Trinajstić information content (AvgIpc) is 2.88. The fraction of sp³-hybridized carbons (Fsp3) is 0.389. The van der Waals surface area contributed by atoms with Gasteiger partial charge in [0.25, 0.3) is 0 Å². The Balaban J connectivity index is 1.86. The first-order valence-electron chi connectivity index (χ1n) is 8.03. The van der Waals surface area contributed by atoms with Gasteiger partial charge in [-0.2, -0.15) is 0 Å². The number of piperidine rings is 1. The summed E-state index contributed by atoms with van der Waals surface area (Å²) >= 11 is 1.48. The van der Waals surface area contributed by atoms with Crippen molar-refractivity contribution in [3.05, 3.63) is 46.5 Å². The van der Waals surface area contributed by atoms with Gasteiger partial charge in [0.1, 0.15) is 0 Å². The number of hydrogen-bond acceptors (Lipinski definition) is 4. The summed E-state index contributed by atoms with van der Waals surface area (Å²) in [5, 5.41) is 3.57. The van der Waals surface area contributed by atoms with E-state index in [0.29, 0.717) is 18.0 Å². The molecule has 1 fully saturated rings. The number of thiazole rings is 1. The van der Waals surface area contributed by atoms with Crippen LogP contribution in [0.5, 0.6) is 0 Å². The Hall–Kier alpha value is -2.21. The van der Waals surface area contributed by atoms with Crippen LogP contribution in [-0.2, 0) is 9.59 Å². The average molecular weight is 343 g/mol. The van der Waals surface area contributed by atoms with Gasteiger partial charge in [-0.15, -0.1) is 11.3 Å². The van der Waals surface area contributed by atoms with E-state index >= 15 is 0 Å². The van der Waals surface area contributed by atoms with Gasteiger partial charge >= 0.3 is 0 Å². The Kier molecular flexibility index (Phi) is 4.66. The van der Waals surface area contributed by atoms with E-state index in [1.807, 2.05) is 44.2 Å². The predicted octanol–water partition coefficient (Wildman–Crippen LogP) is 3.31. The molecule has 126 valence electrons. The van der Waals surface area contributed by atoms with Gasteiger partial charge in [-0.3, -0.25) is 9.59 Å². The molecule has 6 heteroatoms. The van der Waals surface area contributed by atoms with E-state index in [0.717, 1.165) is 16.1 Å². The fourth-order valence-corrected chi connectivity index (χ4v) is 3.96. The molecule has 2 aromatic rings. The molecular formula is C18H21N3O2S. The minimum atomic E-state index is -0.278. The zero-order valence-corrected chi connectivity index (χ0v) is 14.9. The Morgan fingerprint density at radius 2 is 2.00 bits per heavy atom. The number of benzene rings is 1. The second-order valence-corrected chi connectivity index (χ2v) is 7.36. The molecule has 0 aliphatic carbocycles. The summed E-state index contributed by atoms with van der Waals surface area (Å²) < 4.78 is 0. The number of nitrogens with one attached hydrogen (secondary N) is 1. The van der Waals surface area contributed by atoms with E-state index in [1.165, 1.54) is 11.3 Å². The molecule has 5 nitrogen and oxygen atoms in total. The first kappa shape index (κ1) is 16.6. The Morgan fingerprint density at radius 3 is 2.62 bits per heavy atom. The zero-order valence-electron chi connectivity index (χ0n) is 14.1. The third-order valence-corrected chi connectivity index (χ3v) is 5.59. The lowest BCUT2D eigenvalue weighted by molar-refractivity contribution is -0.140. The molecule has 0 bridgehead atoms. The Bertz CT molecular complexity index is 737. The summed E-state index contributed by atoms with van der Waals surface area (Å²) in [7, 11) is 1.77. The third-order valence-electron chi connectivity index (χ3n) is 4.60. The summed E-state index contributed by atoms with van der Waals surface area (Å²) in [5.41, 5.74) is 1.92. The number of amides is 2. The van der Waals surface area contributed by atoms with Crippen LogP contribution in [0.3, 0.4) is 0 Å². The molecule has 2 atom stereocenters. The molecule has 0 spiro atoms. The van der Waals surface area contributed by atoms with Gasteiger partial charge in [-0.25, -0.2) is 4.98 Å². The van der Waals surface area contributed by atoms with Gasteiger partial charge in [0, 0.05) is 18.3 Å². The number of nitrogens with zero attached hydrogens (tertiary/aromatic N) is 2. The molecule has 24 heavy (non-hydrogen) atoms. The molecule has 1 aliphatic rings. The third kappa shape index (κ3) is 3.19. The molecule has 1 saturated heterocycles. The summed E-state index contributed by atoms with van der Waals surface area (Å²) in [6.45, 7) is 3.92. The van der Waals surface area contributed by atoms with Crippen LogP contribution in [0.15, 0.2) is 30.3 Å². The maximum Gasteiger partial charge on any atom is 0.231 e. The van der Waals surface area contributed by atoms with Crippen molar-refractivity contribution in [2.24, 2.45) is 5.92 Å². The molecule has 1 aliphatic heterocycles. The van der Waals surface area contributed by atoms with Gasteiger partial charge in [-0.05, 0) is 25.8 Å². The van der Waals surface area contributed by atoms with Gasteiger partial charge in [0.15, 0.2) is 5.13 Å². The highest BCUT2D eigenvalue weighted by molar-refractivity contribution is 7.15. The summed E-state index contributed by atoms with van der Waals surface area (Å²) in [5.74, 6) is -0.273. The number of carbonyl (C=O) groups excluding carboxylic acids is 2. The summed E-state index contributed by atoms with van der Waals surface area (Å²) in [6.07, 6.45) is 0.950. The van der Waals surface area contributed by atoms with Crippen LogP contribution in [0.2, 0.25) is 0 Å².